The molecule has 2 aliphatic rings. The third kappa shape index (κ3) is 4.71. The van der Waals surface area contributed by atoms with Crippen molar-refractivity contribution in [1.29, 1.82) is 0 Å². The molecule has 154 valence electrons. The summed E-state index contributed by atoms with van der Waals surface area (Å²) < 4.78 is 10.9. The van der Waals surface area contributed by atoms with E-state index in [1.807, 2.05) is 36.2 Å². The van der Waals surface area contributed by atoms with Crippen molar-refractivity contribution in [2.75, 3.05) is 40.0 Å². The minimum atomic E-state index is -0.00388. The van der Waals surface area contributed by atoms with Crippen LogP contribution in [0.25, 0.3) is 0 Å². The van der Waals surface area contributed by atoms with Gasteiger partial charge in [-0.1, -0.05) is 30.3 Å². The van der Waals surface area contributed by atoms with E-state index in [1.165, 1.54) is 16.0 Å². The molecule has 4 rings (SSSR count). The van der Waals surface area contributed by atoms with Crippen molar-refractivity contribution in [1.82, 2.24) is 4.90 Å². The zero-order valence-electron chi connectivity index (χ0n) is 17.3. The van der Waals surface area contributed by atoms with Gasteiger partial charge in [-0.15, -0.1) is 0 Å². The van der Waals surface area contributed by atoms with Gasteiger partial charge in [0.2, 0.25) is 6.79 Å². The fourth-order valence-electron chi connectivity index (χ4n) is 4.31. The van der Waals surface area contributed by atoms with Crippen molar-refractivity contribution in [3.8, 4) is 11.5 Å². The Balaban J connectivity index is 1.26. The highest BCUT2D eigenvalue weighted by atomic mass is 16.7. The summed E-state index contributed by atoms with van der Waals surface area (Å²) in [6.07, 6.45) is 0. The van der Waals surface area contributed by atoms with Crippen LogP contribution in [0, 0.1) is 0 Å². The fourth-order valence-corrected chi connectivity index (χ4v) is 4.31. The molecular formula is C23H31N3O3+2. The molecule has 0 aliphatic carbocycles. The highest BCUT2D eigenvalue weighted by Crippen LogP contribution is 2.32. The number of nitrogens with one attached hydrogen (secondary N) is 2. The largest absolute Gasteiger partial charge is 0.454 e. The summed E-state index contributed by atoms with van der Waals surface area (Å²) in [4.78, 5) is 17.7. The fraction of sp³-hybridized carbons (Fsp3) is 0.435. The molecule has 2 aromatic rings. The Hall–Kier alpha value is -2.57. The molecule has 1 amide bonds. The van der Waals surface area contributed by atoms with E-state index >= 15 is 0 Å². The molecular weight excluding hydrogens is 366 g/mol. The first kappa shape index (κ1) is 19.7. The molecule has 2 N–H and O–H groups in total. The third-order valence-electron chi connectivity index (χ3n) is 6.11. The molecule has 6 heteroatoms. The Morgan fingerprint density at radius 2 is 1.72 bits per heavy atom. The summed E-state index contributed by atoms with van der Waals surface area (Å²) in [6.45, 7) is 8.23. The predicted octanol–water partition coefficient (Wildman–Crippen LogP) is -0.254. The molecule has 2 aromatic carbocycles. The normalized spacial score (nSPS) is 21.6. The van der Waals surface area contributed by atoms with Crippen molar-refractivity contribution >= 4 is 5.91 Å². The van der Waals surface area contributed by atoms with Crippen molar-refractivity contribution in [2.24, 2.45) is 0 Å². The minimum absolute atomic E-state index is 0.00388. The van der Waals surface area contributed by atoms with Crippen LogP contribution < -0.4 is 19.3 Å². The van der Waals surface area contributed by atoms with Gasteiger partial charge < -0.3 is 24.2 Å². The number of benzene rings is 2. The number of fused-ring (bicyclic) bond motifs is 1. The van der Waals surface area contributed by atoms with Crippen LogP contribution in [-0.4, -0.2) is 56.9 Å². The van der Waals surface area contributed by atoms with E-state index in [0.717, 1.165) is 44.2 Å². The summed E-state index contributed by atoms with van der Waals surface area (Å²) in [5.74, 6) is 1.92. The summed E-state index contributed by atoms with van der Waals surface area (Å²) in [6, 6.07) is 16.4. The van der Waals surface area contributed by atoms with Crippen molar-refractivity contribution < 1.29 is 24.1 Å². The van der Waals surface area contributed by atoms with Crippen LogP contribution in [0.4, 0.5) is 0 Å². The van der Waals surface area contributed by atoms with E-state index in [-0.39, 0.29) is 11.9 Å². The number of ether oxygens (including phenoxy) is 2. The molecule has 1 saturated heterocycles. The highest BCUT2D eigenvalue weighted by molar-refractivity contribution is 5.79. The van der Waals surface area contributed by atoms with Gasteiger partial charge in [0.05, 0.1) is 0 Å². The molecule has 6 nitrogen and oxygen atoms in total. The first-order valence-electron chi connectivity index (χ1n) is 10.5. The second-order valence-corrected chi connectivity index (χ2v) is 8.17. The van der Waals surface area contributed by atoms with Crippen LogP contribution in [-0.2, 0) is 17.9 Å². The molecule has 0 unspecified atom stereocenters. The van der Waals surface area contributed by atoms with Crippen LogP contribution in [0.3, 0.4) is 0 Å². The molecule has 0 radical (unpaired) electrons. The number of likely N-dealkylation sites (N-methyl/N-ethyl adjacent to an activating group) is 1. The molecule has 2 heterocycles. The Morgan fingerprint density at radius 3 is 2.48 bits per heavy atom. The zero-order valence-corrected chi connectivity index (χ0v) is 17.3. The standard InChI is InChI=1S/C23H29N3O3/c1-18(23(27)24(2)15-19-6-4-3-5-7-19)26-12-10-25(11-13-26)16-20-8-9-21-22(14-20)29-17-28-21/h3-9,14,18H,10-13,15-17H2,1-2H3/p+2/t18-/m1/s1. The number of hydrogen-bond acceptors (Lipinski definition) is 3. The number of hydrogen-bond donors (Lipinski definition) is 2. The Kier molecular flexibility index (Phi) is 6.02. The second kappa shape index (κ2) is 8.84. The Labute approximate surface area is 172 Å². The lowest BCUT2D eigenvalue weighted by Gasteiger charge is -2.34. The number of rotatable bonds is 6. The van der Waals surface area contributed by atoms with Gasteiger partial charge in [-0.3, -0.25) is 4.79 Å². The Bertz CT molecular complexity index is 835. The summed E-state index contributed by atoms with van der Waals surface area (Å²) >= 11 is 0. The quantitative estimate of drug-likeness (QED) is 0.707. The van der Waals surface area contributed by atoms with Crippen LogP contribution in [0.15, 0.2) is 48.5 Å². The summed E-state index contributed by atoms with van der Waals surface area (Å²) in [5, 5.41) is 0. The predicted molar refractivity (Wildman–Crippen MR) is 110 cm³/mol. The maximum Gasteiger partial charge on any atom is 0.280 e. The Morgan fingerprint density at radius 1 is 1.00 bits per heavy atom. The monoisotopic (exact) mass is 397 g/mol. The van der Waals surface area contributed by atoms with Crippen molar-refractivity contribution in [3.63, 3.8) is 0 Å². The SMILES string of the molecule is C[C@H](C(=O)N(C)Cc1ccccc1)[NH+]1CC[NH+](Cc2ccc3c(c2)OCO3)CC1. The lowest BCUT2D eigenvalue weighted by molar-refractivity contribution is -1.02. The van der Waals surface area contributed by atoms with Gasteiger partial charge in [-0.25, -0.2) is 0 Å². The maximum absolute atomic E-state index is 12.9. The van der Waals surface area contributed by atoms with Gasteiger partial charge in [-0.2, -0.15) is 0 Å². The molecule has 29 heavy (non-hydrogen) atoms. The number of quaternary nitrogens is 2. The first-order chi connectivity index (χ1) is 14.1. The van der Waals surface area contributed by atoms with Gasteiger partial charge in [0.15, 0.2) is 17.5 Å². The van der Waals surface area contributed by atoms with Gasteiger partial charge in [-0.05, 0) is 30.7 Å². The van der Waals surface area contributed by atoms with E-state index < -0.39 is 0 Å². The molecule has 1 atom stereocenters. The van der Waals surface area contributed by atoms with Gasteiger partial charge >= 0.3 is 0 Å². The van der Waals surface area contributed by atoms with E-state index in [0.29, 0.717) is 13.3 Å². The molecule has 0 spiro atoms. The maximum atomic E-state index is 12.9. The second-order valence-electron chi connectivity index (χ2n) is 8.17. The van der Waals surface area contributed by atoms with Crippen LogP contribution in [0.5, 0.6) is 11.5 Å². The first-order valence-corrected chi connectivity index (χ1v) is 10.5. The number of amides is 1. The van der Waals surface area contributed by atoms with Gasteiger partial charge in [0.25, 0.3) is 5.91 Å². The van der Waals surface area contributed by atoms with Crippen LogP contribution >= 0.6 is 0 Å². The van der Waals surface area contributed by atoms with Crippen LogP contribution in [0.2, 0.25) is 0 Å². The molecule has 0 aromatic heterocycles. The molecule has 0 bridgehead atoms. The molecule has 2 aliphatic heterocycles. The number of carbonyl (C=O) groups excluding carboxylic acids is 1. The molecule has 0 saturated carbocycles. The number of piperazine rings is 1. The van der Waals surface area contributed by atoms with E-state index in [4.69, 9.17) is 9.47 Å². The summed E-state index contributed by atoms with van der Waals surface area (Å²) in [5.41, 5.74) is 2.45. The smallest absolute Gasteiger partial charge is 0.280 e. The average molecular weight is 398 g/mol. The van der Waals surface area contributed by atoms with Gasteiger partial charge in [0, 0.05) is 19.2 Å². The lowest BCUT2D eigenvalue weighted by atomic mass is 10.1. The topological polar surface area (TPSA) is 47.7 Å². The average Bonchev–Trinajstić information content (AvgIpc) is 3.22. The van der Waals surface area contributed by atoms with E-state index in [1.54, 1.807) is 4.90 Å². The zero-order chi connectivity index (χ0) is 20.2. The minimum Gasteiger partial charge on any atom is -0.454 e. The van der Waals surface area contributed by atoms with Crippen LogP contribution in [0.1, 0.15) is 18.1 Å². The van der Waals surface area contributed by atoms with E-state index in [9.17, 15) is 4.79 Å². The molecule has 1 fully saturated rings. The lowest BCUT2D eigenvalue weighted by Crippen LogP contribution is -3.29. The van der Waals surface area contributed by atoms with E-state index in [2.05, 4.69) is 31.2 Å². The van der Waals surface area contributed by atoms with Crippen molar-refractivity contribution in [2.45, 2.75) is 26.1 Å². The van der Waals surface area contributed by atoms with Gasteiger partial charge in [0.1, 0.15) is 32.7 Å². The third-order valence-corrected chi connectivity index (χ3v) is 6.11. The summed E-state index contributed by atoms with van der Waals surface area (Å²) in [7, 11) is 1.91. The number of carbonyl (C=O) groups is 1. The number of nitrogens with zero attached hydrogens (tertiary/aromatic N) is 1. The van der Waals surface area contributed by atoms with Crippen molar-refractivity contribution in [3.05, 3.63) is 59.7 Å². The highest BCUT2D eigenvalue weighted by Gasteiger charge is 2.32.